The van der Waals surface area contributed by atoms with Crippen LogP contribution in [-0.4, -0.2) is 35.2 Å². The predicted octanol–water partition coefficient (Wildman–Crippen LogP) is 2.33. The minimum Gasteiger partial charge on any atom is -0.389 e. The minimum atomic E-state index is -0.188. The van der Waals surface area contributed by atoms with Crippen LogP contribution in [-0.2, 0) is 0 Å². The number of hydrogen-bond acceptors (Lipinski definition) is 2. The molecule has 0 radical (unpaired) electrons. The van der Waals surface area contributed by atoms with E-state index in [1.165, 1.54) is 45.2 Å². The Hall–Kier alpha value is -0.340. The number of hydrogen-bond donors (Lipinski definition) is 1. The summed E-state index contributed by atoms with van der Waals surface area (Å²) in [5.74, 6) is 0. The van der Waals surface area contributed by atoms with E-state index >= 15 is 0 Å². The average molecular weight is 209 g/mol. The lowest BCUT2D eigenvalue weighted by molar-refractivity contribution is 0.141. The maximum absolute atomic E-state index is 9.51. The highest BCUT2D eigenvalue weighted by Gasteiger charge is 2.20. The largest absolute Gasteiger partial charge is 0.389 e. The molecule has 1 N–H and O–H groups in total. The molecule has 2 atom stereocenters. The van der Waals surface area contributed by atoms with Gasteiger partial charge in [0.05, 0.1) is 6.10 Å². The van der Waals surface area contributed by atoms with Crippen molar-refractivity contribution in [3.05, 3.63) is 12.2 Å². The van der Waals surface area contributed by atoms with Crippen LogP contribution >= 0.6 is 0 Å². The number of nitrogens with zero attached hydrogens (tertiary/aromatic N) is 1. The molecule has 1 heterocycles. The zero-order valence-corrected chi connectivity index (χ0v) is 9.57. The minimum absolute atomic E-state index is 0.188. The predicted molar refractivity (Wildman–Crippen MR) is 62.8 cm³/mol. The molecule has 1 aliphatic heterocycles. The number of rotatable bonds is 1. The Bertz CT molecular complexity index is 209. The second kappa shape index (κ2) is 5.66. The summed E-state index contributed by atoms with van der Waals surface area (Å²) in [5.41, 5.74) is 0. The summed E-state index contributed by atoms with van der Waals surface area (Å²) >= 11 is 0. The van der Waals surface area contributed by atoms with E-state index in [0.717, 1.165) is 18.9 Å². The van der Waals surface area contributed by atoms with Crippen molar-refractivity contribution < 1.29 is 5.11 Å². The first-order valence-corrected chi connectivity index (χ1v) is 6.45. The quantitative estimate of drug-likeness (QED) is 0.670. The standard InChI is InChI=1S/C13H23NO/c15-13-8-4-6-12(7-5-9-13)14-10-2-1-3-11-14/h4,8,12-13,15H,1-3,5-7,9-11H2/b8-4-/t12?,13-/m0/s1. The first kappa shape index (κ1) is 11.2. The fraction of sp³-hybridized carbons (Fsp3) is 0.846. The molecule has 1 unspecified atom stereocenters. The van der Waals surface area contributed by atoms with Gasteiger partial charge in [-0.2, -0.15) is 0 Å². The van der Waals surface area contributed by atoms with Crippen molar-refractivity contribution in [2.75, 3.05) is 13.1 Å². The zero-order chi connectivity index (χ0) is 10.5. The molecule has 2 nitrogen and oxygen atoms in total. The van der Waals surface area contributed by atoms with Crippen LogP contribution in [0.15, 0.2) is 12.2 Å². The molecule has 0 aromatic heterocycles. The van der Waals surface area contributed by atoms with Gasteiger partial charge in [-0.25, -0.2) is 0 Å². The van der Waals surface area contributed by atoms with E-state index in [1.807, 2.05) is 6.08 Å². The first-order chi connectivity index (χ1) is 7.36. The maximum atomic E-state index is 9.51. The topological polar surface area (TPSA) is 23.5 Å². The SMILES string of the molecule is O[C@H]1/C=C\CC(N2CCCCC2)CCC1. The van der Waals surface area contributed by atoms with E-state index in [-0.39, 0.29) is 6.10 Å². The molecule has 0 aromatic carbocycles. The van der Waals surface area contributed by atoms with Crippen LogP contribution in [0.1, 0.15) is 44.9 Å². The summed E-state index contributed by atoms with van der Waals surface area (Å²) < 4.78 is 0. The van der Waals surface area contributed by atoms with Gasteiger partial charge in [0.25, 0.3) is 0 Å². The molecule has 2 rings (SSSR count). The normalized spacial score (nSPS) is 36.9. The lowest BCUT2D eigenvalue weighted by atomic mass is 9.97. The number of likely N-dealkylation sites (tertiary alicyclic amines) is 1. The second-order valence-corrected chi connectivity index (χ2v) is 4.91. The van der Waals surface area contributed by atoms with Crippen molar-refractivity contribution in [2.24, 2.45) is 0 Å². The van der Waals surface area contributed by atoms with E-state index in [2.05, 4.69) is 11.0 Å². The van der Waals surface area contributed by atoms with Crippen LogP contribution in [0, 0.1) is 0 Å². The third kappa shape index (κ3) is 3.32. The monoisotopic (exact) mass is 209 g/mol. The summed E-state index contributed by atoms with van der Waals surface area (Å²) in [7, 11) is 0. The van der Waals surface area contributed by atoms with Gasteiger partial charge >= 0.3 is 0 Å². The highest BCUT2D eigenvalue weighted by molar-refractivity contribution is 4.94. The van der Waals surface area contributed by atoms with Gasteiger partial charge in [0.2, 0.25) is 0 Å². The van der Waals surface area contributed by atoms with Gasteiger partial charge in [-0.1, -0.05) is 18.6 Å². The molecule has 2 heteroatoms. The molecule has 15 heavy (non-hydrogen) atoms. The van der Waals surface area contributed by atoms with Gasteiger partial charge in [-0.15, -0.1) is 0 Å². The molecular weight excluding hydrogens is 186 g/mol. The maximum Gasteiger partial charge on any atom is 0.0720 e. The third-order valence-corrected chi connectivity index (χ3v) is 3.71. The smallest absolute Gasteiger partial charge is 0.0720 e. The Morgan fingerprint density at radius 2 is 1.80 bits per heavy atom. The summed E-state index contributed by atoms with van der Waals surface area (Å²) in [6.07, 6.45) is 12.7. The van der Waals surface area contributed by atoms with Crippen molar-refractivity contribution in [1.29, 1.82) is 0 Å². The fourth-order valence-corrected chi connectivity index (χ4v) is 2.78. The van der Waals surface area contributed by atoms with Gasteiger partial charge in [0.15, 0.2) is 0 Å². The van der Waals surface area contributed by atoms with Crippen LogP contribution < -0.4 is 0 Å². The molecule has 1 fully saturated rings. The van der Waals surface area contributed by atoms with Crippen LogP contribution in [0.25, 0.3) is 0 Å². The Balaban J connectivity index is 1.87. The van der Waals surface area contributed by atoms with E-state index < -0.39 is 0 Å². The highest BCUT2D eigenvalue weighted by atomic mass is 16.3. The lowest BCUT2D eigenvalue weighted by Crippen LogP contribution is -2.39. The van der Waals surface area contributed by atoms with Crippen molar-refractivity contribution in [1.82, 2.24) is 4.90 Å². The highest BCUT2D eigenvalue weighted by Crippen LogP contribution is 2.21. The van der Waals surface area contributed by atoms with Crippen molar-refractivity contribution in [2.45, 2.75) is 57.1 Å². The summed E-state index contributed by atoms with van der Waals surface area (Å²) in [4.78, 5) is 2.66. The van der Waals surface area contributed by atoms with Crippen LogP contribution in [0.2, 0.25) is 0 Å². The van der Waals surface area contributed by atoms with Crippen LogP contribution in [0.3, 0.4) is 0 Å². The van der Waals surface area contributed by atoms with Crippen molar-refractivity contribution in [3.8, 4) is 0 Å². The average Bonchev–Trinajstić information content (AvgIpc) is 2.24. The van der Waals surface area contributed by atoms with E-state index in [1.54, 1.807) is 0 Å². The van der Waals surface area contributed by atoms with Crippen molar-refractivity contribution >= 4 is 0 Å². The molecule has 0 amide bonds. The van der Waals surface area contributed by atoms with Crippen LogP contribution in [0.4, 0.5) is 0 Å². The van der Waals surface area contributed by atoms with Gasteiger partial charge in [-0.05, 0) is 51.6 Å². The molecular formula is C13H23NO. The van der Waals surface area contributed by atoms with Gasteiger partial charge in [0, 0.05) is 6.04 Å². The molecule has 0 spiro atoms. The van der Waals surface area contributed by atoms with Crippen LogP contribution in [0.5, 0.6) is 0 Å². The summed E-state index contributed by atoms with van der Waals surface area (Å²) in [6, 6.07) is 0.744. The van der Waals surface area contributed by atoms with Crippen molar-refractivity contribution in [3.63, 3.8) is 0 Å². The third-order valence-electron chi connectivity index (χ3n) is 3.71. The molecule has 2 aliphatic rings. The Labute approximate surface area is 93.0 Å². The number of aliphatic hydroxyl groups is 1. The van der Waals surface area contributed by atoms with Gasteiger partial charge < -0.3 is 10.0 Å². The van der Waals surface area contributed by atoms with Gasteiger partial charge in [0.1, 0.15) is 0 Å². The Morgan fingerprint density at radius 1 is 1.00 bits per heavy atom. The molecule has 0 aromatic rings. The van der Waals surface area contributed by atoms with E-state index in [4.69, 9.17) is 0 Å². The molecule has 1 aliphatic carbocycles. The fourth-order valence-electron chi connectivity index (χ4n) is 2.78. The lowest BCUT2D eigenvalue weighted by Gasteiger charge is -2.35. The summed E-state index contributed by atoms with van der Waals surface area (Å²) in [5, 5.41) is 9.51. The van der Waals surface area contributed by atoms with E-state index in [0.29, 0.717) is 0 Å². The molecule has 86 valence electrons. The zero-order valence-electron chi connectivity index (χ0n) is 9.57. The molecule has 0 bridgehead atoms. The molecule has 1 saturated heterocycles. The first-order valence-electron chi connectivity index (χ1n) is 6.45. The summed E-state index contributed by atoms with van der Waals surface area (Å²) in [6.45, 7) is 2.59. The Kier molecular flexibility index (Phi) is 4.21. The van der Waals surface area contributed by atoms with Gasteiger partial charge in [-0.3, -0.25) is 0 Å². The Morgan fingerprint density at radius 3 is 2.60 bits per heavy atom. The number of piperidine rings is 1. The second-order valence-electron chi connectivity index (χ2n) is 4.91. The number of aliphatic hydroxyl groups excluding tert-OH is 1. The van der Waals surface area contributed by atoms with E-state index in [9.17, 15) is 5.11 Å². The molecule has 0 saturated carbocycles.